The summed E-state index contributed by atoms with van der Waals surface area (Å²) < 4.78 is 25.1. The molecular weight excluding hydrogens is 290 g/mol. The maximum atomic E-state index is 12.0. The standard InChI is InChI=1S/C14H23N3O3S/c1-16(2)21(19,20)12-6-7-13(15-10-12)17(3)11-14(18)8-4-5-9-14/h6-7,10,18H,4-5,8-9,11H2,1-3H3. The second-order valence-electron chi connectivity index (χ2n) is 5.93. The Morgan fingerprint density at radius 1 is 1.24 bits per heavy atom. The van der Waals surface area contributed by atoms with E-state index in [1.165, 1.54) is 20.3 Å². The highest BCUT2D eigenvalue weighted by atomic mass is 32.2. The predicted molar refractivity (Wildman–Crippen MR) is 81.8 cm³/mol. The fourth-order valence-electron chi connectivity index (χ4n) is 2.68. The van der Waals surface area contributed by atoms with Crippen LogP contribution in [0.5, 0.6) is 0 Å². The van der Waals surface area contributed by atoms with E-state index in [1.54, 1.807) is 12.1 Å². The van der Waals surface area contributed by atoms with Gasteiger partial charge < -0.3 is 10.0 Å². The Balaban J connectivity index is 2.12. The summed E-state index contributed by atoms with van der Waals surface area (Å²) in [5.74, 6) is 0.660. The highest BCUT2D eigenvalue weighted by Gasteiger charge is 2.32. The molecule has 7 heteroatoms. The van der Waals surface area contributed by atoms with Crippen molar-refractivity contribution in [1.82, 2.24) is 9.29 Å². The van der Waals surface area contributed by atoms with Gasteiger partial charge in [-0.2, -0.15) is 0 Å². The number of hydrogen-bond donors (Lipinski definition) is 1. The Labute approximate surface area is 126 Å². The Hall–Kier alpha value is -1.18. The molecule has 0 aromatic carbocycles. The molecule has 1 N–H and O–H groups in total. The molecular formula is C14H23N3O3S. The molecule has 1 heterocycles. The summed E-state index contributed by atoms with van der Waals surface area (Å²) in [6, 6.07) is 3.22. The topological polar surface area (TPSA) is 73.7 Å². The molecule has 118 valence electrons. The van der Waals surface area contributed by atoms with Crippen LogP contribution in [0.2, 0.25) is 0 Å². The van der Waals surface area contributed by atoms with Gasteiger partial charge in [0.15, 0.2) is 0 Å². The van der Waals surface area contributed by atoms with Crippen molar-refractivity contribution in [2.45, 2.75) is 36.2 Å². The number of sulfonamides is 1. The van der Waals surface area contributed by atoms with Crippen LogP contribution in [0.4, 0.5) is 5.82 Å². The van der Waals surface area contributed by atoms with Gasteiger partial charge in [-0.15, -0.1) is 0 Å². The fourth-order valence-corrected chi connectivity index (χ4v) is 3.52. The molecule has 1 aliphatic rings. The van der Waals surface area contributed by atoms with Gasteiger partial charge in [-0.1, -0.05) is 12.8 Å². The van der Waals surface area contributed by atoms with Crippen LogP contribution >= 0.6 is 0 Å². The van der Waals surface area contributed by atoms with Gasteiger partial charge in [-0.3, -0.25) is 0 Å². The highest BCUT2D eigenvalue weighted by molar-refractivity contribution is 7.89. The fraction of sp³-hybridized carbons (Fsp3) is 0.643. The normalized spacial score (nSPS) is 18.1. The lowest BCUT2D eigenvalue weighted by molar-refractivity contribution is 0.0558. The van der Waals surface area contributed by atoms with E-state index in [9.17, 15) is 13.5 Å². The second kappa shape index (κ2) is 5.90. The summed E-state index contributed by atoms with van der Waals surface area (Å²) in [5.41, 5.74) is -0.648. The van der Waals surface area contributed by atoms with E-state index in [1.807, 2.05) is 11.9 Å². The molecule has 1 aromatic heterocycles. The zero-order valence-electron chi connectivity index (χ0n) is 12.8. The van der Waals surface area contributed by atoms with E-state index in [4.69, 9.17) is 0 Å². The largest absolute Gasteiger partial charge is 0.388 e. The van der Waals surface area contributed by atoms with E-state index in [0.717, 1.165) is 30.0 Å². The van der Waals surface area contributed by atoms with Crippen molar-refractivity contribution in [2.75, 3.05) is 32.6 Å². The van der Waals surface area contributed by atoms with Crippen LogP contribution < -0.4 is 4.90 Å². The summed E-state index contributed by atoms with van der Waals surface area (Å²) in [4.78, 5) is 6.25. The molecule has 0 radical (unpaired) electrons. The van der Waals surface area contributed by atoms with Gasteiger partial charge in [-0.25, -0.2) is 17.7 Å². The van der Waals surface area contributed by atoms with Gasteiger partial charge in [0.1, 0.15) is 10.7 Å². The molecule has 0 saturated heterocycles. The number of nitrogens with zero attached hydrogens (tertiary/aromatic N) is 3. The first-order valence-electron chi connectivity index (χ1n) is 7.07. The summed E-state index contributed by atoms with van der Waals surface area (Å²) in [6.07, 6.45) is 5.09. The number of anilines is 1. The molecule has 0 aliphatic heterocycles. The number of hydrogen-bond acceptors (Lipinski definition) is 5. The average molecular weight is 313 g/mol. The smallest absolute Gasteiger partial charge is 0.244 e. The van der Waals surface area contributed by atoms with Crippen molar-refractivity contribution >= 4 is 15.8 Å². The SMILES string of the molecule is CN(CC1(O)CCCC1)c1ccc(S(=O)(=O)N(C)C)cn1. The van der Waals surface area contributed by atoms with Gasteiger partial charge in [0, 0.05) is 33.9 Å². The summed E-state index contributed by atoms with van der Waals surface area (Å²) >= 11 is 0. The number of aliphatic hydroxyl groups is 1. The second-order valence-corrected chi connectivity index (χ2v) is 8.08. The van der Waals surface area contributed by atoms with Crippen molar-refractivity contribution in [3.8, 4) is 0 Å². The van der Waals surface area contributed by atoms with Crippen molar-refractivity contribution in [1.29, 1.82) is 0 Å². The van der Waals surface area contributed by atoms with E-state index >= 15 is 0 Å². The number of pyridine rings is 1. The maximum Gasteiger partial charge on any atom is 0.244 e. The Kier molecular flexibility index (Phi) is 4.55. The molecule has 0 unspecified atom stereocenters. The molecule has 0 atom stereocenters. The van der Waals surface area contributed by atoms with Crippen molar-refractivity contribution in [2.24, 2.45) is 0 Å². The van der Waals surface area contributed by atoms with E-state index in [-0.39, 0.29) is 4.90 Å². The summed E-state index contributed by atoms with van der Waals surface area (Å²) in [6.45, 7) is 0.514. The van der Waals surface area contributed by atoms with Crippen LogP contribution in [0.15, 0.2) is 23.2 Å². The first-order valence-corrected chi connectivity index (χ1v) is 8.51. The first-order chi connectivity index (χ1) is 9.74. The summed E-state index contributed by atoms with van der Waals surface area (Å²) in [5, 5.41) is 10.4. The third kappa shape index (κ3) is 3.53. The minimum Gasteiger partial charge on any atom is -0.388 e. The predicted octanol–water partition coefficient (Wildman–Crippen LogP) is 1.07. The molecule has 6 nitrogen and oxygen atoms in total. The molecule has 1 saturated carbocycles. The molecule has 2 rings (SSSR count). The number of rotatable bonds is 5. The minimum absolute atomic E-state index is 0.171. The highest BCUT2D eigenvalue weighted by Crippen LogP contribution is 2.30. The molecule has 1 fully saturated rings. The first kappa shape index (κ1) is 16.2. The zero-order valence-corrected chi connectivity index (χ0v) is 13.6. The average Bonchev–Trinajstić information content (AvgIpc) is 2.85. The van der Waals surface area contributed by atoms with Crippen LogP contribution in [0, 0.1) is 0 Å². The van der Waals surface area contributed by atoms with E-state index < -0.39 is 15.6 Å². The molecule has 0 amide bonds. The van der Waals surface area contributed by atoms with Crippen LogP contribution in [0.3, 0.4) is 0 Å². The lowest BCUT2D eigenvalue weighted by Crippen LogP contribution is -2.39. The zero-order chi connectivity index (χ0) is 15.7. The number of likely N-dealkylation sites (N-methyl/N-ethyl adjacent to an activating group) is 1. The van der Waals surface area contributed by atoms with Crippen molar-refractivity contribution < 1.29 is 13.5 Å². The van der Waals surface area contributed by atoms with Gasteiger partial charge in [0.2, 0.25) is 10.0 Å². The minimum atomic E-state index is -3.45. The van der Waals surface area contributed by atoms with Gasteiger partial charge in [0.05, 0.1) is 5.60 Å². The van der Waals surface area contributed by atoms with Crippen molar-refractivity contribution in [3.63, 3.8) is 0 Å². The Morgan fingerprint density at radius 2 is 1.86 bits per heavy atom. The quantitative estimate of drug-likeness (QED) is 0.880. The van der Waals surface area contributed by atoms with E-state index in [0.29, 0.717) is 12.4 Å². The van der Waals surface area contributed by atoms with E-state index in [2.05, 4.69) is 4.98 Å². The van der Waals surface area contributed by atoms with Gasteiger partial charge >= 0.3 is 0 Å². The Bertz CT molecular complexity index is 578. The van der Waals surface area contributed by atoms with Gasteiger partial charge in [0.25, 0.3) is 0 Å². The molecule has 1 aromatic rings. The lowest BCUT2D eigenvalue weighted by atomic mass is 10.0. The van der Waals surface area contributed by atoms with Crippen LogP contribution in [-0.4, -0.2) is 56.1 Å². The Morgan fingerprint density at radius 3 is 2.33 bits per heavy atom. The molecule has 0 bridgehead atoms. The third-order valence-electron chi connectivity index (χ3n) is 3.96. The molecule has 1 aliphatic carbocycles. The number of aromatic nitrogens is 1. The van der Waals surface area contributed by atoms with Crippen LogP contribution in [0.1, 0.15) is 25.7 Å². The van der Waals surface area contributed by atoms with Crippen molar-refractivity contribution in [3.05, 3.63) is 18.3 Å². The third-order valence-corrected chi connectivity index (χ3v) is 5.75. The lowest BCUT2D eigenvalue weighted by Gasteiger charge is -2.29. The molecule has 21 heavy (non-hydrogen) atoms. The monoisotopic (exact) mass is 313 g/mol. The maximum absolute atomic E-state index is 12.0. The van der Waals surface area contributed by atoms with Crippen LogP contribution in [0.25, 0.3) is 0 Å². The van der Waals surface area contributed by atoms with Gasteiger partial charge in [-0.05, 0) is 25.0 Å². The van der Waals surface area contributed by atoms with Crippen LogP contribution in [-0.2, 0) is 10.0 Å². The molecule has 0 spiro atoms. The summed E-state index contributed by atoms with van der Waals surface area (Å²) in [7, 11) is 1.39.